The van der Waals surface area contributed by atoms with Crippen LogP contribution in [0.1, 0.15) is 25.1 Å². The van der Waals surface area contributed by atoms with E-state index in [4.69, 9.17) is 15.9 Å². The number of nitrogen functional groups attached to an aromatic ring is 1. The maximum absolute atomic E-state index is 7.73. The first-order valence-electron chi connectivity index (χ1n) is 6.18. The molecule has 1 aromatic rings. The number of anilines is 1. The van der Waals surface area contributed by atoms with Crippen molar-refractivity contribution in [1.29, 1.82) is 5.41 Å². The van der Waals surface area contributed by atoms with Gasteiger partial charge >= 0.3 is 0 Å². The number of rotatable bonds is 2. The van der Waals surface area contributed by atoms with E-state index >= 15 is 0 Å². The Hall–Kier alpha value is -1.56. The summed E-state index contributed by atoms with van der Waals surface area (Å²) in [4.78, 5) is 2.23. The normalized spacial score (nSPS) is 24.3. The highest BCUT2D eigenvalue weighted by atomic mass is 16.5. The Labute approximate surface area is 107 Å². The van der Waals surface area contributed by atoms with Crippen LogP contribution < -0.4 is 10.6 Å². The lowest BCUT2D eigenvalue weighted by Crippen LogP contribution is -2.48. The van der Waals surface area contributed by atoms with Crippen molar-refractivity contribution < 1.29 is 4.74 Å². The molecule has 0 radical (unpaired) electrons. The number of hydrogen-bond acceptors (Lipinski definition) is 4. The summed E-state index contributed by atoms with van der Waals surface area (Å²) in [6.45, 7) is 7.52. The lowest BCUT2D eigenvalue weighted by atomic mass is 10.1. The molecule has 1 aliphatic rings. The predicted octanol–water partition coefficient (Wildman–Crippen LogP) is 0.626. The Kier molecular flexibility index (Phi) is 3.30. The van der Waals surface area contributed by atoms with Crippen LogP contribution in [0.4, 0.5) is 5.82 Å². The van der Waals surface area contributed by atoms with E-state index < -0.39 is 0 Å². The molecular formula is C12H21N5O. The van der Waals surface area contributed by atoms with Crippen LogP contribution in [0, 0.1) is 12.3 Å². The highest BCUT2D eigenvalue weighted by Gasteiger charge is 2.29. The highest BCUT2D eigenvalue weighted by Crippen LogP contribution is 2.27. The van der Waals surface area contributed by atoms with Crippen LogP contribution in [0.3, 0.4) is 0 Å². The van der Waals surface area contributed by atoms with E-state index in [-0.39, 0.29) is 18.0 Å². The topological polar surface area (TPSA) is 80.2 Å². The van der Waals surface area contributed by atoms with E-state index in [1.54, 1.807) is 4.68 Å². The van der Waals surface area contributed by atoms with Crippen LogP contribution in [0.2, 0.25) is 0 Å². The lowest BCUT2D eigenvalue weighted by molar-refractivity contribution is 0.0337. The fourth-order valence-corrected chi connectivity index (χ4v) is 2.49. The van der Waals surface area contributed by atoms with Crippen LogP contribution in [-0.4, -0.2) is 40.9 Å². The van der Waals surface area contributed by atoms with Gasteiger partial charge in [0.25, 0.3) is 0 Å². The zero-order valence-electron chi connectivity index (χ0n) is 11.4. The van der Waals surface area contributed by atoms with Crippen molar-refractivity contribution >= 4 is 11.7 Å². The minimum atomic E-state index is 0.0712. The molecule has 2 atom stereocenters. The average molecular weight is 251 g/mol. The fourth-order valence-electron chi connectivity index (χ4n) is 2.49. The van der Waals surface area contributed by atoms with E-state index in [9.17, 15) is 0 Å². The number of hydrogen-bond donors (Lipinski definition) is 2. The molecule has 2 rings (SSSR count). The second-order valence-corrected chi connectivity index (χ2v) is 4.97. The fraction of sp³-hybridized carbons (Fsp3) is 0.667. The van der Waals surface area contributed by atoms with Crippen LogP contribution in [0.25, 0.3) is 0 Å². The number of aryl methyl sites for hydroxylation is 2. The lowest BCUT2D eigenvalue weighted by Gasteiger charge is -2.38. The van der Waals surface area contributed by atoms with E-state index in [1.165, 1.54) is 0 Å². The monoisotopic (exact) mass is 251 g/mol. The smallest absolute Gasteiger partial charge is 0.138 e. The molecule has 2 unspecified atom stereocenters. The number of nitrogens with two attached hydrogens (primary N) is 1. The zero-order valence-corrected chi connectivity index (χ0v) is 11.4. The molecule has 0 aliphatic carbocycles. The Morgan fingerprint density at radius 3 is 2.78 bits per heavy atom. The van der Waals surface area contributed by atoms with Crippen LogP contribution in [0.5, 0.6) is 0 Å². The van der Waals surface area contributed by atoms with Crippen molar-refractivity contribution in [1.82, 2.24) is 9.78 Å². The summed E-state index contributed by atoms with van der Waals surface area (Å²) >= 11 is 0. The Balaban J connectivity index is 2.46. The second-order valence-electron chi connectivity index (χ2n) is 4.97. The number of nitrogens with zero attached hydrogens (tertiary/aromatic N) is 3. The number of aromatic nitrogens is 2. The molecule has 1 saturated heterocycles. The minimum Gasteiger partial charge on any atom is -0.384 e. The van der Waals surface area contributed by atoms with Crippen molar-refractivity contribution in [3.8, 4) is 0 Å². The molecule has 0 amide bonds. The molecule has 18 heavy (non-hydrogen) atoms. The van der Waals surface area contributed by atoms with Gasteiger partial charge in [0.2, 0.25) is 0 Å². The molecule has 3 N–H and O–H groups in total. The molecule has 6 nitrogen and oxygen atoms in total. The molecule has 2 heterocycles. The molecule has 6 heteroatoms. The summed E-state index contributed by atoms with van der Waals surface area (Å²) in [6.07, 6.45) is 0.177. The van der Waals surface area contributed by atoms with Gasteiger partial charge in [-0.1, -0.05) is 0 Å². The quantitative estimate of drug-likeness (QED) is 0.596. The van der Waals surface area contributed by atoms with Crippen LogP contribution in [0.15, 0.2) is 0 Å². The number of amidine groups is 1. The minimum absolute atomic E-state index is 0.0712. The van der Waals surface area contributed by atoms with Gasteiger partial charge in [0.1, 0.15) is 11.7 Å². The molecule has 0 saturated carbocycles. The molecule has 100 valence electrons. The molecule has 0 aromatic carbocycles. The summed E-state index contributed by atoms with van der Waals surface area (Å²) in [6, 6.07) is 0.258. The molecule has 0 bridgehead atoms. The first-order chi connectivity index (χ1) is 8.41. The van der Waals surface area contributed by atoms with Crippen molar-refractivity contribution in [3.05, 3.63) is 11.3 Å². The van der Waals surface area contributed by atoms with Crippen molar-refractivity contribution in [2.75, 3.05) is 18.1 Å². The van der Waals surface area contributed by atoms with E-state index in [0.717, 1.165) is 23.6 Å². The van der Waals surface area contributed by atoms with Gasteiger partial charge in [-0.15, -0.1) is 0 Å². The summed E-state index contributed by atoms with van der Waals surface area (Å²) in [5, 5.41) is 12.1. The molecule has 0 spiro atoms. The first-order valence-corrected chi connectivity index (χ1v) is 6.18. The molecule has 1 aromatic heterocycles. The van der Waals surface area contributed by atoms with Crippen molar-refractivity contribution in [2.24, 2.45) is 12.8 Å². The summed E-state index contributed by atoms with van der Waals surface area (Å²) in [7, 11) is 1.89. The third kappa shape index (κ3) is 2.08. The standard InChI is InChI=1S/C12H21N5O/c1-7-6-18-8(2)5-17(7)12-10(11(13)14)9(3)15-16(12)4/h7-8H,5-6H2,1-4H3,(H3,13,14). The van der Waals surface area contributed by atoms with E-state index in [1.807, 2.05) is 14.0 Å². The SMILES string of the molecule is Cc1nn(C)c(N2CC(C)OCC2C)c1C(=N)N. The van der Waals surface area contributed by atoms with Gasteiger partial charge in [-0.2, -0.15) is 5.10 Å². The van der Waals surface area contributed by atoms with Gasteiger partial charge < -0.3 is 15.4 Å². The van der Waals surface area contributed by atoms with Gasteiger partial charge in [-0.3, -0.25) is 10.1 Å². The summed E-state index contributed by atoms with van der Waals surface area (Å²) < 4.78 is 7.44. The second kappa shape index (κ2) is 4.61. The van der Waals surface area contributed by atoms with Gasteiger partial charge in [-0.05, 0) is 20.8 Å². The third-order valence-electron chi connectivity index (χ3n) is 3.34. The van der Waals surface area contributed by atoms with Crippen molar-refractivity contribution in [3.63, 3.8) is 0 Å². The first kappa shape index (κ1) is 12.9. The largest absolute Gasteiger partial charge is 0.384 e. The number of nitrogens with one attached hydrogen (secondary N) is 1. The third-order valence-corrected chi connectivity index (χ3v) is 3.34. The Bertz CT molecular complexity index is 467. The van der Waals surface area contributed by atoms with Gasteiger partial charge in [-0.25, -0.2) is 0 Å². The zero-order chi connectivity index (χ0) is 13.4. The number of morpholine rings is 1. The number of ether oxygens (including phenoxy) is 1. The predicted molar refractivity (Wildman–Crippen MR) is 71.2 cm³/mol. The molecule has 1 fully saturated rings. The molecular weight excluding hydrogens is 230 g/mol. The average Bonchev–Trinajstić information content (AvgIpc) is 2.57. The van der Waals surface area contributed by atoms with E-state index in [2.05, 4.69) is 23.8 Å². The Morgan fingerprint density at radius 2 is 2.17 bits per heavy atom. The molecule has 1 aliphatic heterocycles. The van der Waals surface area contributed by atoms with Crippen molar-refractivity contribution in [2.45, 2.75) is 32.9 Å². The van der Waals surface area contributed by atoms with Crippen LogP contribution >= 0.6 is 0 Å². The van der Waals surface area contributed by atoms with Gasteiger partial charge in [0.15, 0.2) is 0 Å². The van der Waals surface area contributed by atoms with Gasteiger partial charge in [0.05, 0.1) is 30.0 Å². The van der Waals surface area contributed by atoms with Crippen LogP contribution in [-0.2, 0) is 11.8 Å². The maximum atomic E-state index is 7.73. The Morgan fingerprint density at radius 1 is 1.50 bits per heavy atom. The van der Waals surface area contributed by atoms with Gasteiger partial charge in [0, 0.05) is 13.6 Å². The summed E-state index contributed by atoms with van der Waals surface area (Å²) in [5.74, 6) is 0.990. The van der Waals surface area contributed by atoms with E-state index in [0.29, 0.717) is 6.61 Å². The highest BCUT2D eigenvalue weighted by molar-refractivity contribution is 6.01. The summed E-state index contributed by atoms with van der Waals surface area (Å²) in [5.41, 5.74) is 7.22. The maximum Gasteiger partial charge on any atom is 0.138 e.